The Morgan fingerprint density at radius 1 is 0.722 bits per heavy atom. The summed E-state index contributed by atoms with van der Waals surface area (Å²) in [6, 6.07) is 7.27. The number of aryl methyl sites for hydroxylation is 2. The van der Waals surface area contributed by atoms with Crippen molar-refractivity contribution in [2.75, 3.05) is 26.2 Å². The lowest BCUT2D eigenvalue weighted by atomic mass is 10.0. The second-order valence-electron chi connectivity index (χ2n) is 12.1. The van der Waals surface area contributed by atoms with Crippen molar-refractivity contribution in [3.05, 3.63) is 95.9 Å². The quantitative estimate of drug-likeness (QED) is 0.152. The highest BCUT2D eigenvalue weighted by molar-refractivity contribution is 5.91. The summed E-state index contributed by atoms with van der Waals surface area (Å²) in [6.45, 7) is 1.63. The van der Waals surface area contributed by atoms with E-state index in [-0.39, 0.29) is 31.1 Å². The van der Waals surface area contributed by atoms with Gasteiger partial charge in [-0.05, 0) is 61.4 Å². The molecule has 2 aliphatic rings. The van der Waals surface area contributed by atoms with E-state index in [1.54, 1.807) is 26.0 Å². The molecule has 2 aliphatic heterocycles. The molecular formula is C34H31ClF10N6O3. The normalized spacial score (nSPS) is 16.0. The van der Waals surface area contributed by atoms with E-state index in [4.69, 9.17) is 5.11 Å². The third-order valence-electron chi connectivity index (χ3n) is 7.31. The van der Waals surface area contributed by atoms with Crippen molar-refractivity contribution in [3.63, 3.8) is 0 Å². The minimum absolute atomic E-state index is 0. The first-order valence-electron chi connectivity index (χ1n) is 15.3. The molecule has 2 fully saturated rings. The van der Waals surface area contributed by atoms with E-state index in [0.29, 0.717) is 28.1 Å². The molecular weight excluding hydrogens is 766 g/mol. The van der Waals surface area contributed by atoms with E-state index < -0.39 is 60.3 Å². The van der Waals surface area contributed by atoms with Crippen molar-refractivity contribution in [2.24, 2.45) is 0 Å². The Kier molecular flexibility index (Phi) is 13.5. The number of aliphatic carboxylic acids is 1. The molecule has 2 N–H and O–H groups in total. The maximum Gasteiger partial charge on any atom is 0.416 e. The lowest BCUT2D eigenvalue weighted by Crippen LogP contribution is -2.58. The Hall–Kier alpha value is -5.17. The smallest absolute Gasteiger partial charge is 0.416 e. The molecule has 2 aromatic heterocycles. The van der Waals surface area contributed by atoms with Gasteiger partial charge in [-0.2, -0.15) is 26.3 Å². The van der Waals surface area contributed by atoms with Crippen LogP contribution in [0.5, 0.6) is 0 Å². The van der Waals surface area contributed by atoms with Crippen LogP contribution < -0.4 is 5.32 Å². The summed E-state index contributed by atoms with van der Waals surface area (Å²) >= 11 is 0. The number of hydrogen-bond donors (Lipinski definition) is 2. The highest BCUT2D eigenvalue weighted by Crippen LogP contribution is 2.34. The fourth-order valence-electron chi connectivity index (χ4n) is 4.71. The van der Waals surface area contributed by atoms with Crippen LogP contribution in [-0.2, 0) is 21.9 Å². The SMILES string of the molecule is Cc1cc(-c2cn(/C=C\C(=O)N3CC(F)(F)C3)cn2)cc(C(F)(F)F)c1.Cc1cc(-c2cn(/C=C\C(=O)O)cn2)cc(C(F)(F)F)c1.Cl.FC1(F)CNC1. The number of hydrogen-bond acceptors (Lipinski definition) is 5. The summed E-state index contributed by atoms with van der Waals surface area (Å²) in [6.07, 6.45) is 1.24. The Balaban J connectivity index is 0.000000251. The molecule has 0 aliphatic carbocycles. The standard InChI is InChI=1S/C17H14F5N3O.C14H11F3N2O2.C3H5F2N.ClH/c1-11-4-12(6-13(5-11)17(20,21)22)14-7-24(10-23-14)3-2-15(26)25-8-16(18,19)9-25;1-9-4-10(6-11(5-9)14(15,16)17)12-7-19(8-18-12)3-2-13(20)21;4-3(5)1-6-2-3;/h2-7,10H,8-9H2,1H3;2-8H,1H3,(H,20,21);6H,1-2H2;1H/b2*3-2-;;. The second kappa shape index (κ2) is 16.9. The van der Waals surface area contributed by atoms with Gasteiger partial charge >= 0.3 is 18.3 Å². The topological polar surface area (TPSA) is 105 Å². The van der Waals surface area contributed by atoms with E-state index in [1.807, 2.05) is 0 Å². The van der Waals surface area contributed by atoms with E-state index in [9.17, 15) is 53.5 Å². The number of amides is 1. The fraction of sp³-hybridized carbons (Fsp3) is 0.294. The second-order valence-corrected chi connectivity index (χ2v) is 12.1. The van der Waals surface area contributed by atoms with Crippen LogP contribution in [0.4, 0.5) is 43.9 Å². The summed E-state index contributed by atoms with van der Waals surface area (Å²) in [5.41, 5.74) is 0.637. The third kappa shape index (κ3) is 12.5. The van der Waals surface area contributed by atoms with Crippen molar-refractivity contribution in [1.82, 2.24) is 29.3 Å². The van der Waals surface area contributed by atoms with Crippen LogP contribution in [0.2, 0.25) is 0 Å². The number of carboxylic acids is 1. The van der Waals surface area contributed by atoms with Gasteiger partial charge in [0.15, 0.2) is 0 Å². The highest BCUT2D eigenvalue weighted by Gasteiger charge is 2.45. The van der Waals surface area contributed by atoms with E-state index in [0.717, 1.165) is 41.3 Å². The summed E-state index contributed by atoms with van der Waals surface area (Å²) < 4.78 is 128. The van der Waals surface area contributed by atoms with Crippen molar-refractivity contribution in [3.8, 4) is 22.5 Å². The average molecular weight is 797 g/mol. The van der Waals surface area contributed by atoms with Crippen molar-refractivity contribution in [2.45, 2.75) is 38.0 Å². The largest absolute Gasteiger partial charge is 0.478 e. The van der Waals surface area contributed by atoms with Gasteiger partial charge in [0, 0.05) is 48.1 Å². The van der Waals surface area contributed by atoms with Crippen LogP contribution in [0, 0.1) is 13.8 Å². The molecule has 292 valence electrons. The number of carboxylic acid groups (broad SMARTS) is 1. The maximum absolute atomic E-state index is 12.9. The molecule has 20 heteroatoms. The molecule has 0 radical (unpaired) electrons. The van der Waals surface area contributed by atoms with Gasteiger partial charge in [-0.25, -0.2) is 32.3 Å². The third-order valence-corrected chi connectivity index (χ3v) is 7.31. The fourth-order valence-corrected chi connectivity index (χ4v) is 4.71. The van der Waals surface area contributed by atoms with Gasteiger partial charge in [-0.15, -0.1) is 12.4 Å². The number of nitrogens with zero attached hydrogens (tertiary/aromatic N) is 5. The lowest BCUT2D eigenvalue weighted by molar-refractivity contribution is -0.160. The molecule has 1 amide bonds. The van der Waals surface area contributed by atoms with Crippen LogP contribution >= 0.6 is 12.4 Å². The number of rotatable bonds is 6. The highest BCUT2D eigenvalue weighted by atomic mass is 35.5. The molecule has 2 aromatic carbocycles. The van der Waals surface area contributed by atoms with E-state index >= 15 is 0 Å². The Bertz CT molecular complexity index is 1990. The molecule has 4 aromatic rings. The van der Waals surface area contributed by atoms with Gasteiger partial charge in [-0.1, -0.05) is 0 Å². The monoisotopic (exact) mass is 796 g/mol. The van der Waals surface area contributed by atoms with Gasteiger partial charge in [0.1, 0.15) is 0 Å². The molecule has 0 unspecified atom stereocenters. The summed E-state index contributed by atoms with van der Waals surface area (Å²) in [7, 11) is 0. The predicted octanol–water partition coefficient (Wildman–Crippen LogP) is 7.90. The maximum atomic E-state index is 12.9. The van der Waals surface area contributed by atoms with Crippen molar-refractivity contribution < 1.29 is 58.6 Å². The molecule has 6 rings (SSSR count). The van der Waals surface area contributed by atoms with Gasteiger partial charge in [0.25, 0.3) is 11.8 Å². The number of aromatic nitrogens is 4. The zero-order valence-electron chi connectivity index (χ0n) is 28.1. The van der Waals surface area contributed by atoms with Gasteiger partial charge in [0.05, 0.1) is 61.3 Å². The molecule has 0 atom stereocenters. The van der Waals surface area contributed by atoms with Crippen LogP contribution in [0.15, 0.2) is 73.6 Å². The van der Waals surface area contributed by atoms with E-state index in [1.165, 1.54) is 46.6 Å². The van der Waals surface area contributed by atoms with Crippen LogP contribution in [-0.4, -0.2) is 79.0 Å². The number of halogens is 11. The Morgan fingerprint density at radius 3 is 1.46 bits per heavy atom. The number of benzene rings is 2. The number of likely N-dealkylation sites (tertiary alicyclic amines) is 1. The lowest BCUT2D eigenvalue weighted by Gasteiger charge is -2.37. The molecule has 0 saturated carbocycles. The summed E-state index contributed by atoms with van der Waals surface area (Å²) in [5, 5.41) is 11.0. The zero-order valence-corrected chi connectivity index (χ0v) is 28.9. The zero-order chi connectivity index (χ0) is 39.4. The summed E-state index contributed by atoms with van der Waals surface area (Å²) in [4.78, 5) is 31.1. The van der Waals surface area contributed by atoms with Gasteiger partial charge in [0.2, 0.25) is 5.91 Å². The minimum Gasteiger partial charge on any atom is -0.478 e. The van der Waals surface area contributed by atoms with Crippen LogP contribution in [0.25, 0.3) is 34.9 Å². The van der Waals surface area contributed by atoms with E-state index in [2.05, 4.69) is 15.3 Å². The Morgan fingerprint density at radius 2 is 1.13 bits per heavy atom. The number of carbonyl (C=O) groups is 2. The first-order valence-corrected chi connectivity index (χ1v) is 15.3. The molecule has 9 nitrogen and oxygen atoms in total. The average Bonchev–Trinajstić information content (AvgIpc) is 3.70. The van der Waals surface area contributed by atoms with Crippen molar-refractivity contribution in [1.29, 1.82) is 0 Å². The first-order chi connectivity index (χ1) is 24.5. The number of carbonyl (C=O) groups excluding carboxylic acids is 1. The van der Waals surface area contributed by atoms with Crippen molar-refractivity contribution >= 4 is 36.7 Å². The molecule has 0 spiro atoms. The van der Waals surface area contributed by atoms with Crippen LogP contribution in [0.3, 0.4) is 0 Å². The van der Waals surface area contributed by atoms with Gasteiger partial charge < -0.3 is 24.5 Å². The summed E-state index contributed by atoms with van der Waals surface area (Å²) in [5.74, 6) is -6.92. The number of imidazole rings is 2. The minimum atomic E-state index is -4.46. The van der Waals surface area contributed by atoms with Crippen LogP contribution in [0.1, 0.15) is 22.3 Å². The first kappa shape index (κ1) is 43.2. The predicted molar refractivity (Wildman–Crippen MR) is 180 cm³/mol. The Labute approximate surface area is 307 Å². The molecule has 4 heterocycles. The molecule has 54 heavy (non-hydrogen) atoms. The molecule has 0 bridgehead atoms. The van der Waals surface area contributed by atoms with Gasteiger partial charge in [-0.3, -0.25) is 4.79 Å². The number of alkyl halides is 10. The molecule has 2 saturated heterocycles. The number of nitrogens with one attached hydrogen (secondary N) is 1.